The minimum atomic E-state index is 0.392. The summed E-state index contributed by atoms with van der Waals surface area (Å²) in [4.78, 5) is 8.77. The SMILES string of the molecule is CCc1nc(Cl)c(C(C)C)c(CC)n1. The molecule has 0 unspecified atom stereocenters. The molecule has 3 heteroatoms. The van der Waals surface area contributed by atoms with Gasteiger partial charge in [-0.25, -0.2) is 9.97 Å². The van der Waals surface area contributed by atoms with Crippen molar-refractivity contribution in [2.24, 2.45) is 0 Å². The number of aryl methyl sites for hydroxylation is 2. The van der Waals surface area contributed by atoms with E-state index in [1.165, 1.54) is 0 Å². The molecule has 0 aliphatic heterocycles. The Morgan fingerprint density at radius 2 is 1.79 bits per heavy atom. The second-order valence-corrected chi connectivity index (χ2v) is 4.01. The Morgan fingerprint density at radius 3 is 2.21 bits per heavy atom. The fourth-order valence-corrected chi connectivity index (χ4v) is 1.96. The summed E-state index contributed by atoms with van der Waals surface area (Å²) in [7, 11) is 0. The predicted octanol–water partition coefficient (Wildman–Crippen LogP) is 3.38. The van der Waals surface area contributed by atoms with Crippen molar-refractivity contribution in [2.45, 2.75) is 46.5 Å². The number of aromatic nitrogens is 2. The van der Waals surface area contributed by atoms with Gasteiger partial charge in [-0.05, 0) is 12.3 Å². The molecule has 0 spiro atoms. The fraction of sp³-hybridized carbons (Fsp3) is 0.636. The molecule has 0 amide bonds. The number of nitrogens with zero attached hydrogens (tertiary/aromatic N) is 2. The first-order valence-corrected chi connectivity index (χ1v) is 5.53. The van der Waals surface area contributed by atoms with Crippen LogP contribution < -0.4 is 0 Å². The van der Waals surface area contributed by atoms with E-state index in [4.69, 9.17) is 11.6 Å². The molecule has 0 bridgehead atoms. The fourth-order valence-electron chi connectivity index (χ4n) is 1.53. The second kappa shape index (κ2) is 4.74. The highest BCUT2D eigenvalue weighted by Crippen LogP contribution is 2.25. The summed E-state index contributed by atoms with van der Waals surface area (Å²) >= 11 is 6.14. The third-order valence-corrected chi connectivity index (χ3v) is 2.54. The van der Waals surface area contributed by atoms with Gasteiger partial charge in [-0.15, -0.1) is 0 Å². The molecule has 0 radical (unpaired) electrons. The van der Waals surface area contributed by atoms with Gasteiger partial charge in [0, 0.05) is 17.7 Å². The Balaban J connectivity index is 3.27. The van der Waals surface area contributed by atoms with Crippen LogP contribution in [-0.2, 0) is 12.8 Å². The van der Waals surface area contributed by atoms with Crippen molar-refractivity contribution < 1.29 is 0 Å². The molecule has 1 aromatic heterocycles. The van der Waals surface area contributed by atoms with E-state index in [1.54, 1.807) is 0 Å². The van der Waals surface area contributed by atoms with Gasteiger partial charge in [-0.1, -0.05) is 39.3 Å². The Morgan fingerprint density at radius 1 is 1.14 bits per heavy atom. The molecule has 14 heavy (non-hydrogen) atoms. The molecule has 78 valence electrons. The molecule has 0 saturated heterocycles. The molecule has 0 atom stereocenters. The van der Waals surface area contributed by atoms with Gasteiger partial charge in [-0.2, -0.15) is 0 Å². The maximum absolute atomic E-state index is 6.14. The third kappa shape index (κ3) is 2.24. The van der Waals surface area contributed by atoms with Gasteiger partial charge >= 0.3 is 0 Å². The van der Waals surface area contributed by atoms with Crippen LogP contribution in [0.4, 0.5) is 0 Å². The van der Waals surface area contributed by atoms with E-state index < -0.39 is 0 Å². The molecule has 0 aliphatic rings. The van der Waals surface area contributed by atoms with Gasteiger partial charge in [0.15, 0.2) is 0 Å². The summed E-state index contributed by atoms with van der Waals surface area (Å²) in [6.45, 7) is 8.38. The summed E-state index contributed by atoms with van der Waals surface area (Å²) < 4.78 is 0. The Bertz CT molecular complexity index is 321. The molecule has 0 aliphatic carbocycles. The zero-order chi connectivity index (χ0) is 10.7. The van der Waals surface area contributed by atoms with Crippen LogP contribution in [0.15, 0.2) is 0 Å². The van der Waals surface area contributed by atoms with Gasteiger partial charge in [0.05, 0.1) is 0 Å². The zero-order valence-electron chi connectivity index (χ0n) is 9.26. The van der Waals surface area contributed by atoms with Crippen molar-refractivity contribution in [3.8, 4) is 0 Å². The molecular formula is C11H17ClN2. The number of hydrogen-bond acceptors (Lipinski definition) is 2. The lowest BCUT2D eigenvalue weighted by molar-refractivity contribution is 0.786. The summed E-state index contributed by atoms with van der Waals surface area (Å²) in [6.07, 6.45) is 1.76. The van der Waals surface area contributed by atoms with Crippen molar-refractivity contribution in [1.82, 2.24) is 9.97 Å². The van der Waals surface area contributed by atoms with Crippen LogP contribution in [0, 0.1) is 0 Å². The first-order valence-electron chi connectivity index (χ1n) is 5.15. The van der Waals surface area contributed by atoms with E-state index in [9.17, 15) is 0 Å². The van der Waals surface area contributed by atoms with Crippen LogP contribution in [0.5, 0.6) is 0 Å². The average Bonchev–Trinajstić information content (AvgIpc) is 2.15. The van der Waals surface area contributed by atoms with Crippen molar-refractivity contribution in [3.63, 3.8) is 0 Å². The summed E-state index contributed by atoms with van der Waals surface area (Å²) in [5, 5.41) is 0.628. The van der Waals surface area contributed by atoms with Gasteiger partial charge in [-0.3, -0.25) is 0 Å². The Kier molecular flexibility index (Phi) is 3.87. The van der Waals surface area contributed by atoms with E-state index in [-0.39, 0.29) is 0 Å². The highest BCUT2D eigenvalue weighted by atomic mass is 35.5. The van der Waals surface area contributed by atoms with Crippen molar-refractivity contribution in [2.75, 3.05) is 0 Å². The topological polar surface area (TPSA) is 25.8 Å². The molecule has 2 nitrogen and oxygen atoms in total. The number of rotatable bonds is 3. The van der Waals surface area contributed by atoms with E-state index >= 15 is 0 Å². The van der Waals surface area contributed by atoms with Gasteiger partial charge in [0.25, 0.3) is 0 Å². The van der Waals surface area contributed by atoms with Gasteiger partial charge < -0.3 is 0 Å². The smallest absolute Gasteiger partial charge is 0.136 e. The number of halogens is 1. The van der Waals surface area contributed by atoms with E-state index in [0.717, 1.165) is 29.9 Å². The van der Waals surface area contributed by atoms with E-state index in [1.807, 2.05) is 6.92 Å². The van der Waals surface area contributed by atoms with Gasteiger partial charge in [0.2, 0.25) is 0 Å². The minimum absolute atomic E-state index is 0.392. The maximum Gasteiger partial charge on any atom is 0.136 e. The Labute approximate surface area is 90.7 Å². The van der Waals surface area contributed by atoms with E-state index in [0.29, 0.717) is 11.1 Å². The first kappa shape index (κ1) is 11.4. The largest absolute Gasteiger partial charge is 0.238 e. The molecular weight excluding hydrogens is 196 g/mol. The minimum Gasteiger partial charge on any atom is -0.238 e. The van der Waals surface area contributed by atoms with Crippen LogP contribution >= 0.6 is 11.6 Å². The van der Waals surface area contributed by atoms with E-state index in [2.05, 4.69) is 30.7 Å². The quantitative estimate of drug-likeness (QED) is 0.718. The summed E-state index contributed by atoms with van der Waals surface area (Å²) in [6, 6.07) is 0. The van der Waals surface area contributed by atoms with Crippen molar-refractivity contribution in [1.29, 1.82) is 0 Å². The Hall–Kier alpha value is -0.630. The highest BCUT2D eigenvalue weighted by Gasteiger charge is 2.13. The second-order valence-electron chi connectivity index (χ2n) is 3.65. The number of hydrogen-bond donors (Lipinski definition) is 0. The molecule has 0 aromatic carbocycles. The van der Waals surface area contributed by atoms with Gasteiger partial charge in [0.1, 0.15) is 11.0 Å². The molecule has 1 aromatic rings. The standard InChI is InChI=1S/C11H17ClN2/c1-5-8-10(7(3)4)11(12)14-9(6-2)13-8/h7H,5-6H2,1-4H3. The summed E-state index contributed by atoms with van der Waals surface area (Å²) in [5.74, 6) is 1.24. The summed E-state index contributed by atoms with van der Waals surface area (Å²) in [5.41, 5.74) is 2.20. The highest BCUT2D eigenvalue weighted by molar-refractivity contribution is 6.30. The third-order valence-electron chi connectivity index (χ3n) is 2.25. The van der Waals surface area contributed by atoms with Crippen LogP contribution in [0.25, 0.3) is 0 Å². The van der Waals surface area contributed by atoms with Crippen LogP contribution in [0.1, 0.15) is 50.7 Å². The lowest BCUT2D eigenvalue weighted by atomic mass is 10.0. The lowest BCUT2D eigenvalue weighted by Crippen LogP contribution is -2.06. The van der Waals surface area contributed by atoms with Crippen molar-refractivity contribution in [3.05, 3.63) is 22.2 Å². The predicted molar refractivity (Wildman–Crippen MR) is 59.9 cm³/mol. The first-order chi connectivity index (χ1) is 6.60. The average molecular weight is 213 g/mol. The molecule has 0 saturated carbocycles. The van der Waals surface area contributed by atoms with Crippen LogP contribution in [0.2, 0.25) is 5.15 Å². The zero-order valence-corrected chi connectivity index (χ0v) is 10.0. The molecule has 0 fully saturated rings. The van der Waals surface area contributed by atoms with Crippen LogP contribution in [0.3, 0.4) is 0 Å². The molecule has 1 rings (SSSR count). The molecule has 0 N–H and O–H groups in total. The normalized spacial score (nSPS) is 11.0. The molecule has 1 heterocycles. The van der Waals surface area contributed by atoms with Crippen molar-refractivity contribution >= 4 is 11.6 Å². The maximum atomic E-state index is 6.14. The van der Waals surface area contributed by atoms with Crippen LogP contribution in [-0.4, -0.2) is 9.97 Å². The lowest BCUT2D eigenvalue weighted by Gasteiger charge is -2.13. The monoisotopic (exact) mass is 212 g/mol.